The Morgan fingerprint density at radius 2 is 1.64 bits per heavy atom. The van der Waals surface area contributed by atoms with Gasteiger partial charge in [0.15, 0.2) is 0 Å². The molecule has 25 heavy (non-hydrogen) atoms. The van der Waals surface area contributed by atoms with Crippen molar-refractivity contribution in [3.63, 3.8) is 0 Å². The van der Waals surface area contributed by atoms with Crippen LogP contribution in [0.3, 0.4) is 0 Å². The minimum absolute atomic E-state index is 0.389. The fourth-order valence-corrected chi connectivity index (χ4v) is 4.74. The number of hydrogen-bond donors (Lipinski definition) is 0. The fourth-order valence-electron chi connectivity index (χ4n) is 4.74. The van der Waals surface area contributed by atoms with Gasteiger partial charge in [0.05, 0.1) is 5.56 Å². The van der Waals surface area contributed by atoms with Gasteiger partial charge in [0, 0.05) is 39.3 Å². The molecule has 2 bridgehead atoms. The van der Waals surface area contributed by atoms with Crippen LogP contribution in [0.1, 0.15) is 24.0 Å². The third-order valence-corrected chi connectivity index (χ3v) is 6.09. The Hall–Kier alpha value is -1.33. The molecule has 1 aliphatic heterocycles. The van der Waals surface area contributed by atoms with Gasteiger partial charge in [-0.15, -0.1) is 0 Å². The molecule has 1 aromatic carbocycles. The average molecular weight is 350 g/mol. The van der Waals surface area contributed by atoms with E-state index in [2.05, 4.69) is 22.0 Å². The number of alkyl halides is 3. The highest BCUT2D eigenvalue weighted by molar-refractivity contribution is 5.29. The lowest BCUT2D eigenvalue weighted by Crippen LogP contribution is -2.47. The Labute approximate surface area is 147 Å². The lowest BCUT2D eigenvalue weighted by atomic mass is 9.93. The summed E-state index contributed by atoms with van der Waals surface area (Å²) in [7, 11) is 0. The van der Waals surface area contributed by atoms with E-state index >= 15 is 0 Å². The van der Waals surface area contributed by atoms with Crippen LogP contribution in [0.15, 0.2) is 36.4 Å². The lowest BCUT2D eigenvalue weighted by Gasteiger charge is -2.37. The van der Waals surface area contributed by atoms with E-state index in [1.54, 1.807) is 12.1 Å². The Balaban J connectivity index is 1.30. The van der Waals surface area contributed by atoms with Crippen molar-refractivity contribution in [1.29, 1.82) is 0 Å². The first-order chi connectivity index (χ1) is 12.0. The van der Waals surface area contributed by atoms with Gasteiger partial charge in [0.1, 0.15) is 0 Å². The van der Waals surface area contributed by atoms with Crippen LogP contribution in [0.25, 0.3) is 0 Å². The van der Waals surface area contributed by atoms with Crippen LogP contribution in [-0.2, 0) is 12.7 Å². The number of nitrogens with zero attached hydrogens (tertiary/aromatic N) is 2. The Morgan fingerprint density at radius 3 is 2.28 bits per heavy atom. The van der Waals surface area contributed by atoms with Crippen molar-refractivity contribution in [2.75, 3.05) is 32.7 Å². The van der Waals surface area contributed by atoms with E-state index in [0.29, 0.717) is 12.1 Å². The molecule has 0 amide bonds. The van der Waals surface area contributed by atoms with Crippen molar-refractivity contribution in [1.82, 2.24) is 9.80 Å². The van der Waals surface area contributed by atoms with Gasteiger partial charge < -0.3 is 4.90 Å². The van der Waals surface area contributed by atoms with Gasteiger partial charge >= 0.3 is 6.18 Å². The van der Waals surface area contributed by atoms with E-state index in [9.17, 15) is 13.2 Å². The molecule has 0 radical (unpaired) electrons. The van der Waals surface area contributed by atoms with Crippen LogP contribution in [0.2, 0.25) is 0 Å². The molecule has 0 N–H and O–H groups in total. The number of hydrogen-bond acceptors (Lipinski definition) is 2. The summed E-state index contributed by atoms with van der Waals surface area (Å²) in [6.45, 7) is 5.17. The van der Waals surface area contributed by atoms with Crippen molar-refractivity contribution < 1.29 is 13.2 Å². The second kappa shape index (κ2) is 6.76. The van der Waals surface area contributed by atoms with Crippen LogP contribution in [0.4, 0.5) is 13.2 Å². The third kappa shape index (κ3) is 3.77. The summed E-state index contributed by atoms with van der Waals surface area (Å²) in [4.78, 5) is 4.66. The molecule has 2 fully saturated rings. The zero-order chi connectivity index (χ0) is 17.4. The first-order valence-corrected chi connectivity index (χ1v) is 9.27. The number of benzene rings is 1. The van der Waals surface area contributed by atoms with Crippen LogP contribution < -0.4 is 0 Å². The highest BCUT2D eigenvalue weighted by atomic mass is 19.4. The first kappa shape index (κ1) is 17.1. The largest absolute Gasteiger partial charge is 0.416 e. The summed E-state index contributed by atoms with van der Waals surface area (Å²) < 4.78 is 39.4. The number of allylic oxidation sites excluding steroid dienone is 2. The molecule has 3 atom stereocenters. The summed E-state index contributed by atoms with van der Waals surface area (Å²) in [6, 6.07) is 5.96. The van der Waals surface area contributed by atoms with Crippen LogP contribution in [-0.4, -0.2) is 42.5 Å². The quantitative estimate of drug-likeness (QED) is 0.757. The number of rotatable bonds is 4. The zero-order valence-corrected chi connectivity index (χ0v) is 14.4. The maximum absolute atomic E-state index is 13.1. The summed E-state index contributed by atoms with van der Waals surface area (Å²) >= 11 is 0. The lowest BCUT2D eigenvalue weighted by molar-refractivity contribution is -0.138. The van der Waals surface area contributed by atoms with Crippen molar-refractivity contribution in [3.8, 4) is 0 Å². The second-order valence-corrected chi connectivity index (χ2v) is 7.77. The van der Waals surface area contributed by atoms with E-state index in [0.717, 1.165) is 50.5 Å². The Kier molecular flexibility index (Phi) is 4.63. The van der Waals surface area contributed by atoms with Gasteiger partial charge in [-0.25, -0.2) is 0 Å². The van der Waals surface area contributed by atoms with Crippen LogP contribution >= 0.6 is 0 Å². The topological polar surface area (TPSA) is 6.48 Å². The van der Waals surface area contributed by atoms with E-state index in [1.807, 2.05) is 0 Å². The molecule has 0 unspecified atom stereocenters. The van der Waals surface area contributed by atoms with Gasteiger partial charge in [-0.3, -0.25) is 4.90 Å². The molecular weight excluding hydrogens is 325 g/mol. The normalized spacial score (nSPS) is 30.3. The van der Waals surface area contributed by atoms with Crippen molar-refractivity contribution in [2.45, 2.75) is 25.6 Å². The second-order valence-electron chi connectivity index (χ2n) is 7.77. The standard InChI is InChI=1S/C20H25F3N2/c21-20(22,23)19-4-2-1-3-17(19)13-24-7-9-25(10-8-24)14-18-12-15-5-6-16(18)11-15/h1-6,15-16,18H,7-14H2/t15-,16-,18-/m0/s1. The molecule has 2 aliphatic carbocycles. The number of fused-ring (bicyclic) bond motifs is 2. The predicted molar refractivity (Wildman–Crippen MR) is 92.0 cm³/mol. The summed E-state index contributed by atoms with van der Waals surface area (Å²) in [5.41, 5.74) is -0.104. The van der Waals surface area contributed by atoms with Gasteiger partial charge in [0.2, 0.25) is 0 Å². The van der Waals surface area contributed by atoms with Gasteiger partial charge in [-0.05, 0) is 42.2 Å². The van der Waals surface area contributed by atoms with Gasteiger partial charge in [-0.2, -0.15) is 13.2 Å². The SMILES string of the molecule is FC(F)(F)c1ccccc1CN1CCN(C[C@@H]2C[C@H]3C=C[C@H]2C3)CC1. The number of halogens is 3. The van der Waals surface area contributed by atoms with E-state index in [4.69, 9.17) is 0 Å². The Morgan fingerprint density at radius 1 is 0.920 bits per heavy atom. The van der Waals surface area contributed by atoms with E-state index < -0.39 is 11.7 Å². The molecule has 1 heterocycles. The minimum atomic E-state index is -4.27. The molecular formula is C20H25F3N2. The molecule has 1 saturated heterocycles. The summed E-state index contributed by atoms with van der Waals surface area (Å²) in [5, 5.41) is 0. The summed E-state index contributed by atoms with van der Waals surface area (Å²) in [5.74, 6) is 2.35. The monoisotopic (exact) mass is 350 g/mol. The van der Waals surface area contributed by atoms with Crippen molar-refractivity contribution in [2.24, 2.45) is 17.8 Å². The smallest absolute Gasteiger partial charge is 0.300 e. The van der Waals surface area contributed by atoms with Crippen molar-refractivity contribution >= 4 is 0 Å². The van der Waals surface area contributed by atoms with E-state index in [-0.39, 0.29) is 0 Å². The number of piperazine rings is 1. The molecule has 1 aromatic rings. The molecule has 136 valence electrons. The maximum Gasteiger partial charge on any atom is 0.416 e. The molecule has 3 aliphatic rings. The third-order valence-electron chi connectivity index (χ3n) is 6.09. The Bertz CT molecular complexity index is 632. The molecule has 0 spiro atoms. The first-order valence-electron chi connectivity index (χ1n) is 9.27. The minimum Gasteiger partial charge on any atom is -0.300 e. The molecule has 5 heteroatoms. The highest BCUT2D eigenvalue weighted by Gasteiger charge is 2.37. The fraction of sp³-hybridized carbons (Fsp3) is 0.600. The molecule has 0 aromatic heterocycles. The van der Waals surface area contributed by atoms with E-state index in [1.165, 1.54) is 25.0 Å². The van der Waals surface area contributed by atoms with Gasteiger partial charge in [-0.1, -0.05) is 30.4 Å². The molecule has 2 nitrogen and oxygen atoms in total. The van der Waals surface area contributed by atoms with Crippen LogP contribution in [0, 0.1) is 17.8 Å². The van der Waals surface area contributed by atoms with Crippen molar-refractivity contribution in [3.05, 3.63) is 47.5 Å². The maximum atomic E-state index is 13.1. The molecule has 1 saturated carbocycles. The summed E-state index contributed by atoms with van der Waals surface area (Å²) in [6.07, 6.45) is 3.15. The average Bonchev–Trinajstić information content (AvgIpc) is 3.19. The highest BCUT2D eigenvalue weighted by Crippen LogP contribution is 2.43. The zero-order valence-electron chi connectivity index (χ0n) is 14.4. The molecule has 4 rings (SSSR count). The predicted octanol–water partition coefficient (Wildman–Crippen LogP) is 4.04. The van der Waals surface area contributed by atoms with Gasteiger partial charge in [0.25, 0.3) is 0 Å². The van der Waals surface area contributed by atoms with Crippen LogP contribution in [0.5, 0.6) is 0 Å².